The van der Waals surface area contributed by atoms with Gasteiger partial charge in [0.05, 0.1) is 5.56 Å². The van der Waals surface area contributed by atoms with Crippen LogP contribution in [0, 0.1) is 0 Å². The average molecular weight is 587 g/mol. The van der Waals surface area contributed by atoms with Gasteiger partial charge in [-0.2, -0.15) is 0 Å². The molecule has 0 fully saturated rings. The number of carboxylic acid groups (broad SMARTS) is 1. The summed E-state index contributed by atoms with van der Waals surface area (Å²) in [6.45, 7) is 0. The van der Waals surface area contributed by atoms with E-state index in [1.807, 2.05) is 48.5 Å². The van der Waals surface area contributed by atoms with Crippen LogP contribution in [0.15, 0.2) is 122 Å². The molecule has 0 saturated carbocycles. The molecule has 8 rings (SSSR count). The molecule has 0 unspecified atom stereocenters. The van der Waals surface area contributed by atoms with Gasteiger partial charge in [0, 0.05) is 85.7 Å². The number of pyridine rings is 2. The first-order valence-electron chi connectivity index (χ1n) is 14.5. The molecule has 5 N–H and O–H groups in total. The fourth-order valence-electron chi connectivity index (χ4n) is 6.04. The van der Waals surface area contributed by atoms with Crippen molar-refractivity contribution < 1.29 is 9.90 Å². The molecule has 1 aromatic carbocycles. The first kappa shape index (κ1) is 26.2. The van der Waals surface area contributed by atoms with Crippen molar-refractivity contribution in [3.63, 3.8) is 0 Å². The van der Waals surface area contributed by atoms with Gasteiger partial charge >= 0.3 is 5.97 Å². The second-order valence-corrected chi connectivity index (χ2v) is 10.9. The lowest BCUT2D eigenvalue weighted by Gasteiger charge is -2.09. The maximum absolute atomic E-state index is 11.9. The molecule has 0 saturated heterocycles. The molecule has 1 aliphatic heterocycles. The lowest BCUT2D eigenvalue weighted by Crippen LogP contribution is -2.18. The zero-order valence-corrected chi connectivity index (χ0v) is 23.9. The van der Waals surface area contributed by atoms with E-state index < -0.39 is 5.97 Å². The highest BCUT2D eigenvalue weighted by atomic mass is 16.4. The number of hydrogen-bond donors (Lipinski definition) is 5. The predicted octanol–water partition coefficient (Wildman–Crippen LogP) is 3.37. The monoisotopic (exact) mass is 586 g/mol. The molecule has 7 aromatic rings. The Morgan fingerprint density at radius 2 is 1.09 bits per heavy atom. The Hall–Kier alpha value is -6.41. The van der Waals surface area contributed by atoms with E-state index in [1.165, 1.54) is 0 Å². The Bertz CT molecular complexity index is 2460. The lowest BCUT2D eigenvalue weighted by molar-refractivity contribution is 0.0697. The maximum Gasteiger partial charge on any atom is 0.335 e. The summed E-state index contributed by atoms with van der Waals surface area (Å²) in [7, 11) is 0. The Morgan fingerprint density at radius 1 is 0.533 bits per heavy atom. The van der Waals surface area contributed by atoms with Crippen molar-refractivity contribution >= 4 is 28.8 Å². The minimum atomic E-state index is -0.973. The van der Waals surface area contributed by atoms with Crippen molar-refractivity contribution in [2.75, 3.05) is 0 Å². The molecule has 0 spiro atoms. The van der Waals surface area contributed by atoms with E-state index in [2.05, 4.69) is 66.3 Å². The summed E-state index contributed by atoms with van der Waals surface area (Å²) in [5.41, 5.74) is 9.53. The molecule has 45 heavy (non-hydrogen) atoms. The Morgan fingerprint density at radius 3 is 1.73 bits per heavy atom. The SMILES string of the molecule is O=C(O)c1cccc(C2=c3ccc([nH]3)=Cc3ccc([nH]3)C(c3ccncc3)=c3ccc([nH]3)=C(c3ccncc3)c3ccc2[nH]3)c1. The molecule has 0 radical (unpaired) electrons. The highest BCUT2D eigenvalue weighted by Gasteiger charge is 2.17. The molecule has 7 heterocycles. The molecule has 0 atom stereocenters. The Kier molecular flexibility index (Phi) is 6.24. The van der Waals surface area contributed by atoms with Crippen LogP contribution in [-0.2, 0) is 0 Å². The van der Waals surface area contributed by atoms with E-state index in [9.17, 15) is 9.90 Å². The second-order valence-electron chi connectivity index (χ2n) is 10.9. The van der Waals surface area contributed by atoms with Gasteiger partial charge in [-0.3, -0.25) is 9.97 Å². The number of rotatable bonds is 4. The van der Waals surface area contributed by atoms with Gasteiger partial charge in [-0.15, -0.1) is 0 Å². The number of H-pyrrole nitrogens is 4. The summed E-state index contributed by atoms with van der Waals surface area (Å²) < 4.78 is 0. The van der Waals surface area contributed by atoms with Gasteiger partial charge in [0.25, 0.3) is 0 Å². The first-order valence-corrected chi connectivity index (χ1v) is 14.5. The first-order chi connectivity index (χ1) is 22.1. The van der Waals surface area contributed by atoms with Crippen LogP contribution in [0.2, 0.25) is 0 Å². The summed E-state index contributed by atoms with van der Waals surface area (Å²) >= 11 is 0. The minimum Gasteiger partial charge on any atom is -0.478 e. The van der Waals surface area contributed by atoms with Crippen LogP contribution in [-0.4, -0.2) is 41.0 Å². The fourth-order valence-corrected chi connectivity index (χ4v) is 6.04. The summed E-state index contributed by atoms with van der Waals surface area (Å²) in [6, 6.07) is 31.5. The molecule has 8 nitrogen and oxygen atoms in total. The smallest absolute Gasteiger partial charge is 0.335 e. The normalized spacial score (nSPS) is 12.7. The summed E-state index contributed by atoms with van der Waals surface area (Å²) in [4.78, 5) is 34.9. The van der Waals surface area contributed by atoms with Crippen LogP contribution in [0.25, 0.3) is 22.8 Å². The van der Waals surface area contributed by atoms with Gasteiger partial charge in [-0.25, -0.2) is 4.79 Å². The number of carboxylic acids is 1. The third-order valence-corrected chi connectivity index (χ3v) is 8.05. The van der Waals surface area contributed by atoms with E-state index in [1.54, 1.807) is 43.0 Å². The molecular formula is C37H26N6O2. The van der Waals surface area contributed by atoms with Crippen LogP contribution in [0.1, 0.15) is 49.8 Å². The lowest BCUT2D eigenvalue weighted by atomic mass is 10.0. The van der Waals surface area contributed by atoms with Gasteiger partial charge in [0.15, 0.2) is 0 Å². The summed E-state index contributed by atoms with van der Waals surface area (Å²) in [6.07, 6.45) is 9.24. The zero-order chi connectivity index (χ0) is 30.3. The number of hydrogen-bond acceptors (Lipinski definition) is 3. The molecule has 1 aliphatic rings. The van der Waals surface area contributed by atoms with Gasteiger partial charge in [0.2, 0.25) is 0 Å². The maximum atomic E-state index is 11.9. The molecule has 8 heteroatoms. The van der Waals surface area contributed by atoms with Crippen LogP contribution in [0.5, 0.6) is 0 Å². The molecule has 216 valence electrons. The van der Waals surface area contributed by atoms with E-state index in [4.69, 9.17) is 0 Å². The van der Waals surface area contributed by atoms with Gasteiger partial charge in [-0.1, -0.05) is 12.1 Å². The standard InChI is InChI=1S/C37H26N6O2/c44-37(45)25-3-1-2-24(20-25)36-29-7-5-27(41-29)21-26-4-6-28(40-26)34(22-12-16-38-17-13-22)30-8-9-31(42-30)35(23-14-18-39-19-15-23)32-10-11-33(36)43-32/h1-21,40-43H,(H,44,45). The van der Waals surface area contributed by atoms with Gasteiger partial charge in [0.1, 0.15) is 0 Å². The highest BCUT2D eigenvalue weighted by Crippen LogP contribution is 2.26. The zero-order valence-electron chi connectivity index (χ0n) is 23.9. The van der Waals surface area contributed by atoms with Crippen LogP contribution in [0.4, 0.5) is 0 Å². The number of benzene rings is 1. The topological polar surface area (TPSA) is 126 Å². The van der Waals surface area contributed by atoms with Crippen molar-refractivity contribution in [3.05, 3.63) is 188 Å². The quantitative estimate of drug-likeness (QED) is 0.217. The van der Waals surface area contributed by atoms with E-state index in [0.717, 1.165) is 77.6 Å². The van der Waals surface area contributed by atoms with Crippen molar-refractivity contribution in [2.45, 2.75) is 0 Å². The molecule has 0 aliphatic carbocycles. The number of aromatic amines is 4. The Labute approximate surface area is 256 Å². The van der Waals surface area contributed by atoms with E-state index in [-0.39, 0.29) is 5.56 Å². The summed E-state index contributed by atoms with van der Waals surface area (Å²) in [5, 5.41) is 13.4. The minimum absolute atomic E-state index is 0.223. The Balaban J connectivity index is 1.48. The second kappa shape index (κ2) is 10.7. The molecule has 6 aromatic heterocycles. The summed E-state index contributed by atoms with van der Waals surface area (Å²) in [5.74, 6) is -0.973. The highest BCUT2D eigenvalue weighted by molar-refractivity contribution is 5.90. The third-order valence-electron chi connectivity index (χ3n) is 8.05. The van der Waals surface area contributed by atoms with Gasteiger partial charge < -0.3 is 25.0 Å². The van der Waals surface area contributed by atoms with E-state index >= 15 is 0 Å². The van der Waals surface area contributed by atoms with Crippen LogP contribution < -0.4 is 21.4 Å². The third kappa shape index (κ3) is 4.80. The fraction of sp³-hybridized carbons (Fsp3) is 0. The van der Waals surface area contributed by atoms with E-state index in [0.29, 0.717) is 0 Å². The largest absolute Gasteiger partial charge is 0.478 e. The number of fused-ring (bicyclic) bond motifs is 8. The number of aromatic carboxylic acids is 1. The predicted molar refractivity (Wildman–Crippen MR) is 172 cm³/mol. The van der Waals surface area contributed by atoms with Crippen molar-refractivity contribution in [1.82, 2.24) is 29.9 Å². The van der Waals surface area contributed by atoms with Gasteiger partial charge in [-0.05, 0) is 108 Å². The number of nitrogens with zero attached hydrogens (tertiary/aromatic N) is 2. The number of nitrogens with one attached hydrogen (secondary N) is 4. The van der Waals surface area contributed by atoms with Crippen LogP contribution >= 0.6 is 0 Å². The molecule has 8 bridgehead atoms. The van der Waals surface area contributed by atoms with Crippen molar-refractivity contribution in [1.29, 1.82) is 0 Å². The number of carbonyl (C=O) groups is 1. The average Bonchev–Trinajstić information content (AvgIpc) is 3.89. The van der Waals surface area contributed by atoms with Crippen molar-refractivity contribution in [3.8, 4) is 0 Å². The molecule has 0 amide bonds. The number of aromatic nitrogens is 6. The van der Waals surface area contributed by atoms with Crippen LogP contribution in [0.3, 0.4) is 0 Å². The van der Waals surface area contributed by atoms with Crippen molar-refractivity contribution in [2.24, 2.45) is 0 Å². The molecular weight excluding hydrogens is 560 g/mol.